The minimum absolute atomic E-state index is 0.0913. The van der Waals surface area contributed by atoms with Gasteiger partial charge in [-0.3, -0.25) is 9.59 Å². The summed E-state index contributed by atoms with van der Waals surface area (Å²) in [6.45, 7) is 0. The fourth-order valence-corrected chi connectivity index (χ4v) is 2.60. The Morgan fingerprint density at radius 2 is 1.56 bits per heavy atom. The zero-order chi connectivity index (χ0) is 12.3. The van der Waals surface area contributed by atoms with E-state index in [9.17, 15) is 9.59 Å². The molecule has 0 aromatic heterocycles. The van der Waals surface area contributed by atoms with Crippen LogP contribution < -0.4 is 10.9 Å². The Morgan fingerprint density at radius 1 is 0.778 bits per heavy atom. The number of hydrogen-bond donors (Lipinski definition) is 0. The molecule has 1 aliphatic heterocycles. The predicted molar refractivity (Wildman–Crippen MR) is 69.9 cm³/mol. The molecule has 0 N–H and O–H groups in total. The molecule has 0 unspecified atom stereocenters. The Morgan fingerprint density at radius 3 is 2.39 bits per heavy atom. The molecule has 1 aromatic carbocycles. The zero-order valence-corrected chi connectivity index (χ0v) is 9.31. The summed E-state index contributed by atoms with van der Waals surface area (Å²) in [6.07, 6.45) is 0. The topological polar surface area (TPSA) is 47.0 Å². The maximum atomic E-state index is 12.3. The van der Waals surface area contributed by atoms with Crippen LogP contribution in [0.3, 0.4) is 0 Å². The average Bonchev–Trinajstić information content (AvgIpc) is 2.89. The van der Waals surface area contributed by atoms with Gasteiger partial charge in [-0.25, -0.2) is 4.98 Å². The Kier molecular flexibility index (Phi) is 1.59. The van der Waals surface area contributed by atoms with Crippen LogP contribution in [0.5, 0.6) is 0 Å². The van der Waals surface area contributed by atoms with Gasteiger partial charge in [-0.1, -0.05) is 30.3 Å². The van der Waals surface area contributed by atoms with E-state index in [1.807, 2.05) is 18.2 Å². The molecule has 0 fully saturated rings. The van der Waals surface area contributed by atoms with E-state index in [1.165, 1.54) is 6.07 Å². The third-order valence-electron chi connectivity index (χ3n) is 3.38. The highest BCUT2D eigenvalue weighted by Gasteiger charge is 2.27. The van der Waals surface area contributed by atoms with Gasteiger partial charge in [0.15, 0.2) is 10.9 Å². The van der Waals surface area contributed by atoms with E-state index in [2.05, 4.69) is 4.98 Å². The van der Waals surface area contributed by atoms with Gasteiger partial charge in [0, 0.05) is 10.8 Å². The van der Waals surface area contributed by atoms with Crippen LogP contribution in [0.1, 0.15) is 0 Å². The van der Waals surface area contributed by atoms with Gasteiger partial charge in [0.2, 0.25) is 0 Å². The predicted octanol–water partition coefficient (Wildman–Crippen LogP) is 2.04. The highest BCUT2D eigenvalue weighted by atomic mass is 16.1. The van der Waals surface area contributed by atoms with Crippen molar-refractivity contribution in [1.29, 1.82) is 0 Å². The van der Waals surface area contributed by atoms with Crippen molar-refractivity contribution < 1.29 is 0 Å². The average molecular weight is 233 g/mol. The molecule has 1 aromatic rings. The van der Waals surface area contributed by atoms with Crippen molar-refractivity contribution >= 4 is 10.8 Å². The van der Waals surface area contributed by atoms with Crippen molar-refractivity contribution in [2.75, 3.05) is 0 Å². The summed E-state index contributed by atoms with van der Waals surface area (Å²) >= 11 is 0. The molecule has 0 saturated heterocycles. The van der Waals surface area contributed by atoms with Gasteiger partial charge in [0.25, 0.3) is 0 Å². The van der Waals surface area contributed by atoms with E-state index in [-0.39, 0.29) is 10.9 Å². The molecule has 1 heterocycles. The van der Waals surface area contributed by atoms with Crippen LogP contribution in [0, 0.1) is 0 Å². The summed E-state index contributed by atoms with van der Waals surface area (Å²) in [5.74, 6) is 0. The highest BCUT2D eigenvalue weighted by Crippen LogP contribution is 2.36. The summed E-state index contributed by atoms with van der Waals surface area (Å²) in [4.78, 5) is 28.7. The zero-order valence-electron chi connectivity index (χ0n) is 9.31. The van der Waals surface area contributed by atoms with Gasteiger partial charge < -0.3 is 0 Å². The lowest BCUT2D eigenvalue weighted by atomic mass is 10.1. The van der Waals surface area contributed by atoms with Crippen molar-refractivity contribution in [3.63, 3.8) is 0 Å². The molecule has 0 bridgehead atoms. The second-order valence-electron chi connectivity index (χ2n) is 4.36. The quantitative estimate of drug-likeness (QED) is 0.467. The van der Waals surface area contributed by atoms with Crippen molar-refractivity contribution in [1.82, 2.24) is 4.98 Å². The first kappa shape index (κ1) is 9.48. The van der Waals surface area contributed by atoms with E-state index in [4.69, 9.17) is 0 Å². The Bertz CT molecular complexity index is 916. The fraction of sp³-hybridized carbons (Fsp3) is 0. The SMILES string of the molecule is O=c1cccc2nc3c4ccccc4c(=O)c-3c1-2. The molecule has 0 saturated carbocycles. The monoisotopic (exact) mass is 233 g/mol. The van der Waals surface area contributed by atoms with Crippen LogP contribution in [0.4, 0.5) is 0 Å². The lowest BCUT2D eigenvalue weighted by Crippen LogP contribution is -2.06. The number of rotatable bonds is 0. The number of nitrogens with zero attached hydrogens (tertiary/aromatic N) is 1. The van der Waals surface area contributed by atoms with Crippen LogP contribution in [-0.2, 0) is 0 Å². The lowest BCUT2D eigenvalue weighted by Gasteiger charge is -1.92. The van der Waals surface area contributed by atoms with E-state index in [0.717, 1.165) is 5.39 Å². The van der Waals surface area contributed by atoms with Crippen molar-refractivity contribution in [3.05, 3.63) is 62.9 Å². The number of hydrogen-bond acceptors (Lipinski definition) is 3. The van der Waals surface area contributed by atoms with Crippen LogP contribution in [0.2, 0.25) is 0 Å². The summed E-state index contributed by atoms with van der Waals surface area (Å²) < 4.78 is 0. The Hall–Kier alpha value is -2.55. The lowest BCUT2D eigenvalue weighted by molar-refractivity contribution is 1.42. The molecular formula is C15H7NO2. The first-order valence-electron chi connectivity index (χ1n) is 5.68. The minimum atomic E-state index is -0.137. The van der Waals surface area contributed by atoms with E-state index < -0.39 is 0 Å². The molecule has 84 valence electrons. The molecule has 18 heavy (non-hydrogen) atoms. The molecule has 4 rings (SSSR count). The van der Waals surface area contributed by atoms with E-state index in [1.54, 1.807) is 18.2 Å². The van der Waals surface area contributed by atoms with Gasteiger partial charge in [-0.15, -0.1) is 0 Å². The van der Waals surface area contributed by atoms with Crippen molar-refractivity contribution in [3.8, 4) is 22.5 Å². The van der Waals surface area contributed by atoms with Gasteiger partial charge in [0.05, 0.1) is 22.5 Å². The molecule has 2 aliphatic carbocycles. The molecule has 3 heteroatoms. The van der Waals surface area contributed by atoms with Crippen LogP contribution in [0.25, 0.3) is 33.3 Å². The molecule has 0 spiro atoms. The smallest absolute Gasteiger partial charge is 0.196 e. The summed E-state index contributed by atoms with van der Waals surface area (Å²) in [6, 6.07) is 12.3. The summed E-state index contributed by atoms with van der Waals surface area (Å²) in [7, 11) is 0. The van der Waals surface area contributed by atoms with Crippen molar-refractivity contribution in [2.45, 2.75) is 0 Å². The maximum Gasteiger partial charge on any atom is 0.196 e. The van der Waals surface area contributed by atoms with Gasteiger partial charge in [0.1, 0.15) is 0 Å². The normalized spacial score (nSPS) is 11.8. The van der Waals surface area contributed by atoms with E-state index in [0.29, 0.717) is 27.9 Å². The second kappa shape index (κ2) is 3.01. The van der Waals surface area contributed by atoms with Crippen LogP contribution >= 0.6 is 0 Å². The Balaban J connectivity index is 2.38. The Labute approximate surface area is 102 Å². The van der Waals surface area contributed by atoms with Crippen molar-refractivity contribution in [2.24, 2.45) is 0 Å². The third kappa shape index (κ3) is 0.966. The number of fused-ring (bicyclic) bond motifs is 5. The maximum absolute atomic E-state index is 12.3. The molecule has 0 atom stereocenters. The molecule has 3 nitrogen and oxygen atoms in total. The third-order valence-corrected chi connectivity index (χ3v) is 3.38. The second-order valence-corrected chi connectivity index (χ2v) is 4.36. The summed E-state index contributed by atoms with van der Waals surface area (Å²) in [5, 5.41) is 1.47. The van der Waals surface area contributed by atoms with E-state index >= 15 is 0 Å². The first-order valence-corrected chi connectivity index (χ1v) is 5.68. The summed E-state index contributed by atoms with van der Waals surface area (Å²) in [5.41, 5.74) is 1.95. The van der Waals surface area contributed by atoms with Gasteiger partial charge in [-0.05, 0) is 12.1 Å². The first-order chi connectivity index (χ1) is 8.77. The molecule has 0 amide bonds. The molecule has 0 radical (unpaired) electrons. The minimum Gasteiger partial charge on any atom is -0.289 e. The highest BCUT2D eigenvalue weighted by molar-refractivity contribution is 6.06. The molecular weight excluding hydrogens is 226 g/mol. The van der Waals surface area contributed by atoms with Crippen LogP contribution in [-0.4, -0.2) is 4.98 Å². The largest absolute Gasteiger partial charge is 0.289 e. The standard InChI is InChI=1S/C15H7NO2/c17-11-7-3-6-10-12(11)13-14(16-10)8-4-1-2-5-9(8)15(13)18/h1-7H. The molecule has 3 aliphatic rings. The van der Waals surface area contributed by atoms with Gasteiger partial charge >= 0.3 is 0 Å². The number of benzene rings is 2. The van der Waals surface area contributed by atoms with Crippen LogP contribution in [0.15, 0.2) is 52.1 Å². The fourth-order valence-electron chi connectivity index (χ4n) is 2.60. The van der Waals surface area contributed by atoms with Gasteiger partial charge in [-0.2, -0.15) is 0 Å². The number of aromatic nitrogens is 1.